The van der Waals surface area contributed by atoms with Crippen molar-refractivity contribution < 1.29 is 8.42 Å². The first-order chi connectivity index (χ1) is 7.28. The zero-order valence-corrected chi connectivity index (χ0v) is 10.6. The normalized spacial score (nSPS) is 13.0. The van der Waals surface area contributed by atoms with E-state index >= 15 is 0 Å². The molecule has 0 aliphatic rings. The highest BCUT2D eigenvalue weighted by Crippen LogP contribution is 2.13. The first-order valence-electron chi connectivity index (χ1n) is 4.96. The van der Waals surface area contributed by atoms with Crippen LogP contribution in [0, 0.1) is 5.41 Å². The van der Waals surface area contributed by atoms with Crippen LogP contribution < -0.4 is 10.5 Å². The number of nitrogens with two attached hydrogens (primary N) is 1. The van der Waals surface area contributed by atoms with Crippen LogP contribution in [0.4, 0.5) is 0 Å². The molecule has 0 unspecified atom stereocenters. The molecule has 0 saturated heterocycles. The Bertz CT molecular complexity index is 450. The zero-order chi connectivity index (χ0) is 12.4. The van der Waals surface area contributed by atoms with Crippen molar-refractivity contribution in [2.24, 2.45) is 18.2 Å². The van der Waals surface area contributed by atoms with Crippen LogP contribution in [0.3, 0.4) is 0 Å². The van der Waals surface area contributed by atoms with Gasteiger partial charge in [0.2, 0.25) is 0 Å². The van der Waals surface area contributed by atoms with Crippen LogP contribution >= 0.6 is 0 Å². The lowest BCUT2D eigenvalue weighted by atomic mass is 9.95. The third-order valence-corrected chi connectivity index (χ3v) is 3.82. The zero-order valence-electron chi connectivity index (χ0n) is 9.77. The van der Waals surface area contributed by atoms with Crippen molar-refractivity contribution in [3.8, 4) is 0 Å². The highest BCUT2D eigenvalue weighted by Gasteiger charge is 2.22. The van der Waals surface area contributed by atoms with Gasteiger partial charge in [0.05, 0.1) is 6.20 Å². The maximum atomic E-state index is 11.9. The Morgan fingerprint density at radius 3 is 2.62 bits per heavy atom. The van der Waals surface area contributed by atoms with Crippen LogP contribution in [0.25, 0.3) is 0 Å². The average molecular weight is 246 g/mol. The summed E-state index contributed by atoms with van der Waals surface area (Å²) < 4.78 is 27.6. The first-order valence-corrected chi connectivity index (χ1v) is 6.44. The molecule has 1 heterocycles. The molecular formula is C9H18N4O2S. The van der Waals surface area contributed by atoms with Crippen LogP contribution in [-0.2, 0) is 17.1 Å². The molecule has 6 nitrogen and oxygen atoms in total. The number of aromatic nitrogens is 2. The van der Waals surface area contributed by atoms with Crippen LogP contribution in [-0.4, -0.2) is 31.3 Å². The van der Waals surface area contributed by atoms with Gasteiger partial charge in [-0.3, -0.25) is 4.68 Å². The summed E-state index contributed by atoms with van der Waals surface area (Å²) in [5.74, 6) is 0. The lowest BCUT2D eigenvalue weighted by molar-refractivity contribution is 0.375. The molecule has 1 aromatic heterocycles. The van der Waals surface area contributed by atoms with Gasteiger partial charge in [-0.05, 0) is 18.0 Å². The second-order valence-corrected chi connectivity index (χ2v) is 6.20. The molecule has 0 saturated carbocycles. The van der Waals surface area contributed by atoms with Crippen molar-refractivity contribution in [2.45, 2.75) is 18.9 Å². The Labute approximate surface area is 95.9 Å². The van der Waals surface area contributed by atoms with Gasteiger partial charge >= 0.3 is 0 Å². The van der Waals surface area contributed by atoms with E-state index in [1.54, 1.807) is 7.05 Å². The highest BCUT2D eigenvalue weighted by atomic mass is 32.2. The molecule has 0 spiro atoms. The first kappa shape index (κ1) is 13.1. The lowest BCUT2D eigenvalue weighted by Gasteiger charge is -2.22. The van der Waals surface area contributed by atoms with Gasteiger partial charge in [-0.2, -0.15) is 5.10 Å². The maximum Gasteiger partial charge on any atom is 0.257 e. The number of nitrogens with zero attached hydrogens (tertiary/aromatic N) is 2. The molecule has 0 radical (unpaired) electrons. The fourth-order valence-corrected chi connectivity index (χ4v) is 2.43. The average Bonchev–Trinajstić information content (AvgIpc) is 2.63. The van der Waals surface area contributed by atoms with Crippen LogP contribution in [0.1, 0.15) is 13.8 Å². The molecule has 0 aliphatic heterocycles. The molecule has 0 amide bonds. The van der Waals surface area contributed by atoms with E-state index in [1.165, 1.54) is 16.9 Å². The summed E-state index contributed by atoms with van der Waals surface area (Å²) in [6.45, 7) is 4.52. The van der Waals surface area contributed by atoms with Gasteiger partial charge in [-0.15, -0.1) is 0 Å². The van der Waals surface area contributed by atoms with Gasteiger partial charge in [-0.25, -0.2) is 13.1 Å². The van der Waals surface area contributed by atoms with Crippen molar-refractivity contribution in [1.29, 1.82) is 0 Å². The van der Waals surface area contributed by atoms with Crippen LogP contribution in [0.15, 0.2) is 17.3 Å². The number of hydrogen-bond donors (Lipinski definition) is 2. The molecule has 7 heteroatoms. The fourth-order valence-electron chi connectivity index (χ4n) is 1.06. The van der Waals surface area contributed by atoms with Crippen LogP contribution in [0.2, 0.25) is 0 Å². The molecular weight excluding hydrogens is 228 g/mol. The van der Waals surface area contributed by atoms with Gasteiger partial charge in [0, 0.05) is 13.6 Å². The molecule has 1 rings (SSSR count). The standard InChI is InChI=1S/C9H18N4O2S/c1-9(2,6-10)7-12-16(14,15)8-4-5-11-13(8)3/h4-5,12H,6-7,10H2,1-3H3. The minimum Gasteiger partial charge on any atom is -0.330 e. The lowest BCUT2D eigenvalue weighted by Crippen LogP contribution is -2.38. The predicted molar refractivity (Wildman–Crippen MR) is 61.2 cm³/mol. The fraction of sp³-hybridized carbons (Fsp3) is 0.667. The summed E-state index contributed by atoms with van der Waals surface area (Å²) in [6, 6.07) is 1.46. The third kappa shape index (κ3) is 3.03. The second kappa shape index (κ2) is 4.52. The molecule has 3 N–H and O–H groups in total. The molecule has 0 aromatic carbocycles. The highest BCUT2D eigenvalue weighted by molar-refractivity contribution is 7.89. The van der Waals surface area contributed by atoms with E-state index < -0.39 is 10.0 Å². The van der Waals surface area contributed by atoms with E-state index in [0.29, 0.717) is 13.1 Å². The van der Waals surface area contributed by atoms with E-state index in [1.807, 2.05) is 13.8 Å². The molecule has 0 fully saturated rings. The quantitative estimate of drug-likeness (QED) is 0.745. The summed E-state index contributed by atoms with van der Waals surface area (Å²) in [7, 11) is -1.91. The smallest absolute Gasteiger partial charge is 0.257 e. The Kier molecular flexibility index (Phi) is 3.72. The Morgan fingerprint density at radius 2 is 2.19 bits per heavy atom. The summed E-state index contributed by atoms with van der Waals surface area (Å²) in [5, 5.41) is 3.97. The molecule has 16 heavy (non-hydrogen) atoms. The maximum absolute atomic E-state index is 11.9. The van der Waals surface area contributed by atoms with Gasteiger partial charge in [0.1, 0.15) is 0 Å². The van der Waals surface area contributed by atoms with E-state index in [9.17, 15) is 8.42 Å². The Hall–Kier alpha value is -0.920. The topological polar surface area (TPSA) is 90.0 Å². The Balaban J connectivity index is 2.79. The van der Waals surface area contributed by atoms with E-state index in [2.05, 4.69) is 9.82 Å². The predicted octanol–water partition coefficient (Wildman–Crippen LogP) is -0.317. The number of sulfonamides is 1. The number of rotatable bonds is 5. The molecule has 92 valence electrons. The molecule has 0 bridgehead atoms. The molecule has 0 atom stereocenters. The summed E-state index contributed by atoms with van der Waals surface area (Å²) in [4.78, 5) is 0. The van der Waals surface area contributed by atoms with Gasteiger partial charge < -0.3 is 5.73 Å². The van der Waals surface area contributed by atoms with Crippen LogP contribution in [0.5, 0.6) is 0 Å². The summed E-state index contributed by atoms with van der Waals surface area (Å²) in [6.07, 6.45) is 1.45. The minimum atomic E-state index is -3.50. The third-order valence-electron chi connectivity index (χ3n) is 2.34. The molecule has 1 aromatic rings. The van der Waals surface area contributed by atoms with Crippen molar-refractivity contribution in [3.05, 3.63) is 12.3 Å². The number of nitrogens with one attached hydrogen (secondary N) is 1. The summed E-state index contributed by atoms with van der Waals surface area (Å²) >= 11 is 0. The van der Waals surface area contributed by atoms with Gasteiger partial charge in [0.15, 0.2) is 5.03 Å². The van der Waals surface area contributed by atoms with Crippen molar-refractivity contribution in [2.75, 3.05) is 13.1 Å². The largest absolute Gasteiger partial charge is 0.330 e. The molecule has 0 aliphatic carbocycles. The monoisotopic (exact) mass is 246 g/mol. The Morgan fingerprint density at radius 1 is 1.56 bits per heavy atom. The van der Waals surface area contributed by atoms with Crippen molar-refractivity contribution >= 4 is 10.0 Å². The van der Waals surface area contributed by atoms with E-state index in [4.69, 9.17) is 5.73 Å². The van der Waals surface area contributed by atoms with Crippen molar-refractivity contribution in [1.82, 2.24) is 14.5 Å². The number of aryl methyl sites for hydroxylation is 1. The van der Waals surface area contributed by atoms with Gasteiger partial charge in [0.25, 0.3) is 10.0 Å². The van der Waals surface area contributed by atoms with E-state index in [-0.39, 0.29) is 10.4 Å². The summed E-state index contributed by atoms with van der Waals surface area (Å²) in [5.41, 5.74) is 5.27. The second-order valence-electron chi connectivity index (χ2n) is 4.49. The van der Waals surface area contributed by atoms with E-state index in [0.717, 1.165) is 0 Å². The number of hydrogen-bond acceptors (Lipinski definition) is 4. The SMILES string of the molecule is Cn1nccc1S(=O)(=O)NCC(C)(C)CN. The van der Waals surface area contributed by atoms with Gasteiger partial charge in [-0.1, -0.05) is 13.8 Å². The van der Waals surface area contributed by atoms with Crippen molar-refractivity contribution in [3.63, 3.8) is 0 Å². The minimum absolute atomic E-state index is 0.153.